The van der Waals surface area contributed by atoms with E-state index >= 15 is 0 Å². The van der Waals surface area contributed by atoms with Crippen LogP contribution in [0.5, 0.6) is 5.75 Å². The summed E-state index contributed by atoms with van der Waals surface area (Å²) >= 11 is 0. The van der Waals surface area contributed by atoms with E-state index in [-0.39, 0.29) is 11.4 Å². The molecule has 1 aromatic heterocycles. The second-order valence-corrected chi connectivity index (χ2v) is 2.77. The van der Waals surface area contributed by atoms with E-state index in [0.717, 1.165) is 6.07 Å². The molecule has 0 aliphatic rings. The van der Waals surface area contributed by atoms with E-state index in [1.165, 1.54) is 29.5 Å². The summed E-state index contributed by atoms with van der Waals surface area (Å²) in [5.41, 5.74) is 0.175. The van der Waals surface area contributed by atoms with Crippen LogP contribution in [0.3, 0.4) is 0 Å². The van der Waals surface area contributed by atoms with Crippen LogP contribution in [0, 0.1) is 10.1 Å². The highest BCUT2D eigenvalue weighted by Gasteiger charge is 2.11. The van der Waals surface area contributed by atoms with Crippen molar-refractivity contribution in [2.24, 2.45) is 0 Å². The average molecular weight is 206 g/mol. The molecule has 0 spiro atoms. The molecule has 7 nitrogen and oxygen atoms in total. The van der Waals surface area contributed by atoms with Crippen LogP contribution in [0.4, 0.5) is 5.69 Å². The first-order valence-corrected chi connectivity index (χ1v) is 4.01. The van der Waals surface area contributed by atoms with Gasteiger partial charge in [0.1, 0.15) is 24.1 Å². The fourth-order valence-corrected chi connectivity index (χ4v) is 1.15. The first kappa shape index (κ1) is 9.13. The summed E-state index contributed by atoms with van der Waals surface area (Å²) in [6, 6.07) is 3.76. The summed E-state index contributed by atoms with van der Waals surface area (Å²) < 4.78 is 1.32. The number of nitro groups is 1. The number of hydrogen-bond donors (Lipinski definition) is 1. The predicted molar refractivity (Wildman–Crippen MR) is 49.7 cm³/mol. The van der Waals surface area contributed by atoms with E-state index < -0.39 is 4.92 Å². The molecule has 1 N–H and O–H groups in total. The summed E-state index contributed by atoms with van der Waals surface area (Å²) in [5, 5.41) is 23.7. The fraction of sp³-hybridized carbons (Fsp3) is 0. The molecular weight excluding hydrogens is 200 g/mol. The Morgan fingerprint density at radius 2 is 2.27 bits per heavy atom. The van der Waals surface area contributed by atoms with Gasteiger partial charge in [-0.1, -0.05) is 0 Å². The molecule has 2 rings (SSSR count). The SMILES string of the molecule is O=[N+]([O-])c1ccc(-n2cncn2)c(O)c1. The third kappa shape index (κ3) is 1.62. The average Bonchev–Trinajstić information content (AvgIpc) is 2.70. The molecule has 0 saturated heterocycles. The number of nitro benzene ring substituents is 1. The van der Waals surface area contributed by atoms with Gasteiger partial charge < -0.3 is 5.11 Å². The lowest BCUT2D eigenvalue weighted by Crippen LogP contribution is -1.96. The Hall–Kier alpha value is -2.44. The highest BCUT2D eigenvalue weighted by molar-refractivity contribution is 5.51. The summed E-state index contributed by atoms with van der Waals surface area (Å²) in [5.74, 6) is -0.213. The van der Waals surface area contributed by atoms with Crippen LogP contribution in [0.25, 0.3) is 5.69 Å². The summed E-state index contributed by atoms with van der Waals surface area (Å²) in [6.07, 6.45) is 2.70. The molecule has 0 bridgehead atoms. The standard InChI is InChI=1S/C8H6N4O3/c13-8-3-6(12(14)15)1-2-7(8)11-5-9-4-10-11/h1-5,13H. The Morgan fingerprint density at radius 3 is 2.80 bits per heavy atom. The topological polar surface area (TPSA) is 94.1 Å². The van der Waals surface area contributed by atoms with E-state index in [9.17, 15) is 15.2 Å². The van der Waals surface area contributed by atoms with Crippen molar-refractivity contribution >= 4 is 5.69 Å². The van der Waals surface area contributed by atoms with Gasteiger partial charge in [-0.15, -0.1) is 0 Å². The fourth-order valence-electron chi connectivity index (χ4n) is 1.15. The van der Waals surface area contributed by atoms with Crippen LogP contribution < -0.4 is 0 Å². The first-order valence-electron chi connectivity index (χ1n) is 4.01. The van der Waals surface area contributed by atoms with Crippen LogP contribution in [0.15, 0.2) is 30.9 Å². The molecule has 0 aliphatic heterocycles. The van der Waals surface area contributed by atoms with Gasteiger partial charge in [-0.3, -0.25) is 10.1 Å². The summed E-state index contributed by atoms with van der Waals surface area (Å²) in [4.78, 5) is 13.5. The van der Waals surface area contributed by atoms with Gasteiger partial charge in [0.2, 0.25) is 0 Å². The molecule has 1 heterocycles. The van der Waals surface area contributed by atoms with Crippen molar-refractivity contribution in [3.63, 3.8) is 0 Å². The third-order valence-corrected chi connectivity index (χ3v) is 1.84. The number of nitrogens with zero attached hydrogens (tertiary/aromatic N) is 4. The zero-order chi connectivity index (χ0) is 10.8. The van der Waals surface area contributed by atoms with Gasteiger partial charge in [0.25, 0.3) is 5.69 Å². The van der Waals surface area contributed by atoms with Gasteiger partial charge in [-0.25, -0.2) is 9.67 Å². The minimum Gasteiger partial charge on any atom is -0.505 e. The third-order valence-electron chi connectivity index (χ3n) is 1.84. The van der Waals surface area contributed by atoms with Crippen molar-refractivity contribution < 1.29 is 10.0 Å². The van der Waals surface area contributed by atoms with Crippen molar-refractivity contribution in [2.75, 3.05) is 0 Å². The molecule has 0 amide bonds. The molecule has 76 valence electrons. The minimum absolute atomic E-state index is 0.170. The largest absolute Gasteiger partial charge is 0.505 e. The van der Waals surface area contributed by atoms with Crippen LogP contribution in [0.2, 0.25) is 0 Å². The first-order chi connectivity index (χ1) is 7.18. The highest BCUT2D eigenvalue weighted by Crippen LogP contribution is 2.25. The van der Waals surface area contributed by atoms with E-state index in [1.54, 1.807) is 0 Å². The quantitative estimate of drug-likeness (QED) is 0.581. The predicted octanol–water partition coefficient (Wildman–Crippen LogP) is 0.881. The lowest BCUT2D eigenvalue weighted by Gasteiger charge is -2.02. The molecule has 0 radical (unpaired) electrons. The Bertz CT molecular complexity index is 495. The van der Waals surface area contributed by atoms with Crippen molar-refractivity contribution in [2.45, 2.75) is 0 Å². The van der Waals surface area contributed by atoms with Gasteiger partial charge in [-0.05, 0) is 6.07 Å². The maximum atomic E-state index is 10.4. The van der Waals surface area contributed by atoms with E-state index in [1.807, 2.05) is 0 Å². The van der Waals surface area contributed by atoms with Crippen molar-refractivity contribution in [3.8, 4) is 11.4 Å². The van der Waals surface area contributed by atoms with Gasteiger partial charge in [-0.2, -0.15) is 5.10 Å². The number of benzene rings is 1. The molecule has 2 aromatic rings. The zero-order valence-electron chi connectivity index (χ0n) is 7.44. The van der Waals surface area contributed by atoms with E-state index in [4.69, 9.17) is 0 Å². The summed E-state index contributed by atoms with van der Waals surface area (Å²) in [7, 11) is 0. The second kappa shape index (κ2) is 3.37. The van der Waals surface area contributed by atoms with Crippen LogP contribution >= 0.6 is 0 Å². The van der Waals surface area contributed by atoms with Crippen molar-refractivity contribution in [1.29, 1.82) is 0 Å². The van der Waals surface area contributed by atoms with Gasteiger partial charge in [0.05, 0.1) is 11.0 Å². The number of rotatable bonds is 2. The smallest absolute Gasteiger partial charge is 0.273 e. The van der Waals surface area contributed by atoms with Crippen LogP contribution in [-0.4, -0.2) is 24.8 Å². The molecule has 0 aliphatic carbocycles. The van der Waals surface area contributed by atoms with Gasteiger partial charge >= 0.3 is 0 Å². The van der Waals surface area contributed by atoms with Gasteiger partial charge in [0, 0.05) is 6.07 Å². The summed E-state index contributed by atoms with van der Waals surface area (Å²) in [6.45, 7) is 0. The normalized spacial score (nSPS) is 10.1. The van der Waals surface area contributed by atoms with Crippen LogP contribution in [0.1, 0.15) is 0 Å². The molecule has 7 heteroatoms. The molecule has 0 atom stereocenters. The maximum Gasteiger partial charge on any atom is 0.273 e. The Labute approximate surface area is 83.8 Å². The second-order valence-electron chi connectivity index (χ2n) is 2.77. The molecule has 1 aromatic carbocycles. The molecule has 0 saturated carbocycles. The number of phenols is 1. The van der Waals surface area contributed by atoms with Crippen molar-refractivity contribution in [1.82, 2.24) is 14.8 Å². The zero-order valence-corrected chi connectivity index (χ0v) is 7.44. The number of non-ortho nitro benzene ring substituents is 1. The van der Waals surface area contributed by atoms with Crippen LogP contribution in [-0.2, 0) is 0 Å². The lowest BCUT2D eigenvalue weighted by atomic mass is 10.2. The Morgan fingerprint density at radius 1 is 1.47 bits per heavy atom. The number of aromatic hydroxyl groups is 1. The molecule has 0 unspecified atom stereocenters. The molecule has 15 heavy (non-hydrogen) atoms. The lowest BCUT2D eigenvalue weighted by molar-refractivity contribution is -0.384. The molecule has 0 fully saturated rings. The number of hydrogen-bond acceptors (Lipinski definition) is 5. The van der Waals surface area contributed by atoms with E-state index in [2.05, 4.69) is 10.1 Å². The van der Waals surface area contributed by atoms with E-state index in [0.29, 0.717) is 5.69 Å². The highest BCUT2D eigenvalue weighted by atomic mass is 16.6. The van der Waals surface area contributed by atoms with Gasteiger partial charge in [0.15, 0.2) is 0 Å². The number of phenolic OH excluding ortho intramolecular Hbond substituents is 1. The molecular formula is C8H6N4O3. The Balaban J connectivity index is 2.48. The Kier molecular flexibility index (Phi) is 2.05. The minimum atomic E-state index is -0.579. The monoisotopic (exact) mass is 206 g/mol. The number of aromatic nitrogens is 3. The maximum absolute atomic E-state index is 10.4. The van der Waals surface area contributed by atoms with Crippen molar-refractivity contribution in [3.05, 3.63) is 41.0 Å².